The van der Waals surface area contributed by atoms with Crippen molar-refractivity contribution < 1.29 is 40.7 Å². The second-order valence-electron chi connectivity index (χ2n) is 8.27. The van der Waals surface area contributed by atoms with E-state index in [0.717, 1.165) is 29.2 Å². The van der Waals surface area contributed by atoms with E-state index in [1.807, 2.05) is 0 Å². The van der Waals surface area contributed by atoms with Crippen molar-refractivity contribution in [2.45, 2.75) is 25.2 Å². The Morgan fingerprint density at radius 3 is 2.47 bits per heavy atom. The van der Waals surface area contributed by atoms with Gasteiger partial charge in [-0.1, -0.05) is 0 Å². The highest BCUT2D eigenvalue weighted by Crippen LogP contribution is 2.31. The first kappa shape index (κ1) is 25.7. The molecule has 2 saturated heterocycles. The molecule has 3 heterocycles. The molecule has 0 aliphatic carbocycles. The third-order valence-corrected chi connectivity index (χ3v) is 7.12. The molecule has 15 heteroatoms. The van der Waals surface area contributed by atoms with Crippen molar-refractivity contribution in [1.82, 2.24) is 14.6 Å². The lowest BCUT2D eigenvalue weighted by Crippen LogP contribution is -2.46. The maximum atomic E-state index is 13.3. The smallest absolute Gasteiger partial charge is 0.406 e. The van der Waals surface area contributed by atoms with Gasteiger partial charge >= 0.3 is 22.6 Å². The molecule has 36 heavy (non-hydrogen) atoms. The van der Waals surface area contributed by atoms with E-state index in [4.69, 9.17) is 4.74 Å². The van der Waals surface area contributed by atoms with Crippen LogP contribution in [0.3, 0.4) is 0 Å². The van der Waals surface area contributed by atoms with Crippen LogP contribution >= 0.6 is 0 Å². The molecule has 2 aliphatic heterocycles. The van der Waals surface area contributed by atoms with Crippen LogP contribution in [0.5, 0.6) is 5.75 Å². The number of carbonyl (C=O) groups excluding carboxylic acids is 2. The number of aromatic nitrogens is 1. The van der Waals surface area contributed by atoms with Gasteiger partial charge in [-0.25, -0.2) is 9.69 Å². The predicted molar refractivity (Wildman–Crippen MR) is 120 cm³/mol. The van der Waals surface area contributed by atoms with E-state index in [0.29, 0.717) is 5.56 Å². The van der Waals surface area contributed by atoms with Gasteiger partial charge in [0, 0.05) is 25.7 Å². The Morgan fingerprint density at radius 1 is 1.17 bits per heavy atom. The van der Waals surface area contributed by atoms with E-state index in [9.17, 15) is 31.2 Å². The molecule has 3 amide bonds. The minimum absolute atomic E-state index is 0.0405. The number of hydrogen-bond donors (Lipinski definition) is 2. The number of anilines is 2. The first-order valence-corrected chi connectivity index (χ1v) is 12.1. The average Bonchev–Trinajstić information content (AvgIpc) is 3.03. The number of rotatable bonds is 7. The van der Waals surface area contributed by atoms with Gasteiger partial charge in [0.25, 0.3) is 5.91 Å². The van der Waals surface area contributed by atoms with Crippen LogP contribution in [0.1, 0.15) is 12.5 Å². The molecule has 2 fully saturated rings. The van der Waals surface area contributed by atoms with Crippen LogP contribution in [0, 0.1) is 0 Å². The summed E-state index contributed by atoms with van der Waals surface area (Å²) in [5.74, 6) is -1.18. The first-order valence-electron chi connectivity index (χ1n) is 10.7. The van der Waals surface area contributed by atoms with Crippen molar-refractivity contribution in [2.24, 2.45) is 0 Å². The monoisotopic (exact) mass is 529 g/mol. The number of halogens is 3. The largest absolute Gasteiger partial charge is 0.573 e. The Labute approximate surface area is 204 Å². The third-order valence-electron chi connectivity index (χ3n) is 5.59. The molecule has 0 saturated carbocycles. The maximum Gasteiger partial charge on any atom is 0.573 e. The summed E-state index contributed by atoms with van der Waals surface area (Å²) in [7, 11) is -3.92. The summed E-state index contributed by atoms with van der Waals surface area (Å²) >= 11 is 0. The number of benzene rings is 1. The molecule has 2 aliphatic rings. The maximum absolute atomic E-state index is 13.3. The number of morpholine rings is 1. The van der Waals surface area contributed by atoms with Gasteiger partial charge in [-0.3, -0.25) is 14.5 Å². The number of imide groups is 1. The summed E-state index contributed by atoms with van der Waals surface area (Å²) in [6.07, 6.45) is -2.25. The second kappa shape index (κ2) is 9.55. The molecule has 2 aromatic rings. The SMILES string of the molecule is CC1(Cc2ccncc2NS(=O)(=O)N2CCOCC2)NC(=O)N(c2ccc(OC(F)(F)F)cc2)C1=O. The molecule has 0 spiro atoms. The zero-order valence-electron chi connectivity index (χ0n) is 18.9. The number of nitrogens with one attached hydrogen (secondary N) is 2. The Morgan fingerprint density at radius 2 is 1.83 bits per heavy atom. The van der Waals surface area contributed by atoms with Gasteiger partial charge in [0.1, 0.15) is 11.3 Å². The van der Waals surface area contributed by atoms with Crippen LogP contribution in [-0.4, -0.2) is 67.8 Å². The molecule has 1 aromatic heterocycles. The van der Waals surface area contributed by atoms with Crippen molar-refractivity contribution in [3.05, 3.63) is 48.3 Å². The highest BCUT2D eigenvalue weighted by Gasteiger charge is 2.49. The molecule has 1 aromatic carbocycles. The standard InChI is InChI=1S/C21H22F3N5O6S/c1-20(12-14-6-7-25-13-17(14)27-36(32,33)28-8-10-34-11-9-28)18(30)29(19(31)26-20)15-2-4-16(5-3-15)35-21(22,23)24/h2-7,13,27H,8-12H2,1H3,(H,26,31). The van der Waals surface area contributed by atoms with Crippen LogP contribution < -0.4 is 19.7 Å². The van der Waals surface area contributed by atoms with Crippen LogP contribution in [0.2, 0.25) is 0 Å². The lowest BCUT2D eigenvalue weighted by atomic mass is 9.92. The number of ether oxygens (including phenoxy) is 2. The van der Waals surface area contributed by atoms with Crippen LogP contribution in [0.15, 0.2) is 42.7 Å². The fourth-order valence-electron chi connectivity index (χ4n) is 3.88. The molecule has 1 atom stereocenters. The van der Waals surface area contributed by atoms with Gasteiger partial charge < -0.3 is 14.8 Å². The van der Waals surface area contributed by atoms with Crippen molar-refractivity contribution in [1.29, 1.82) is 0 Å². The minimum atomic E-state index is -4.88. The molecule has 2 N–H and O–H groups in total. The molecule has 0 radical (unpaired) electrons. The summed E-state index contributed by atoms with van der Waals surface area (Å²) in [6, 6.07) is 5.02. The number of carbonyl (C=O) groups is 2. The van der Waals surface area contributed by atoms with E-state index >= 15 is 0 Å². The molecular formula is C21H22F3N5O6S. The fourth-order valence-corrected chi connectivity index (χ4v) is 5.10. The summed E-state index contributed by atoms with van der Waals surface area (Å²) in [6.45, 7) is 2.35. The number of pyridine rings is 1. The summed E-state index contributed by atoms with van der Waals surface area (Å²) in [4.78, 5) is 30.7. The number of hydrogen-bond acceptors (Lipinski definition) is 7. The summed E-state index contributed by atoms with van der Waals surface area (Å²) < 4.78 is 75.5. The first-order chi connectivity index (χ1) is 16.9. The third kappa shape index (κ3) is 5.52. The summed E-state index contributed by atoms with van der Waals surface area (Å²) in [5.41, 5.74) is -0.898. The number of nitrogens with zero attached hydrogens (tertiary/aromatic N) is 3. The molecule has 11 nitrogen and oxygen atoms in total. The zero-order valence-corrected chi connectivity index (χ0v) is 19.7. The lowest BCUT2D eigenvalue weighted by Gasteiger charge is -2.27. The summed E-state index contributed by atoms with van der Waals surface area (Å²) in [5, 5.41) is 2.58. The van der Waals surface area contributed by atoms with Crippen LogP contribution in [0.4, 0.5) is 29.3 Å². The topological polar surface area (TPSA) is 130 Å². The van der Waals surface area contributed by atoms with Gasteiger partial charge in [-0.15, -0.1) is 13.2 Å². The fraction of sp³-hybridized carbons (Fsp3) is 0.381. The molecule has 194 valence electrons. The quantitative estimate of drug-likeness (QED) is 0.525. The van der Waals surface area contributed by atoms with E-state index < -0.39 is 39.8 Å². The zero-order chi connectivity index (χ0) is 26.1. The molecular weight excluding hydrogens is 507 g/mol. The highest BCUT2D eigenvalue weighted by molar-refractivity contribution is 7.90. The van der Waals surface area contributed by atoms with E-state index in [2.05, 4.69) is 19.8 Å². The molecule has 0 bridgehead atoms. The Balaban J connectivity index is 1.53. The van der Waals surface area contributed by atoms with Crippen molar-refractivity contribution in [2.75, 3.05) is 35.9 Å². The van der Waals surface area contributed by atoms with Gasteiger partial charge in [0.2, 0.25) is 0 Å². The molecule has 1 unspecified atom stereocenters. The number of alkyl halides is 3. The normalized spacial score (nSPS) is 21.4. The van der Waals surface area contributed by atoms with Gasteiger partial charge in [0.15, 0.2) is 0 Å². The number of urea groups is 1. The Kier molecular flexibility index (Phi) is 6.81. The van der Waals surface area contributed by atoms with E-state index in [1.165, 1.54) is 29.7 Å². The Bertz CT molecular complexity index is 1250. The van der Waals surface area contributed by atoms with Crippen molar-refractivity contribution >= 4 is 33.5 Å². The van der Waals surface area contributed by atoms with Crippen LogP contribution in [0.25, 0.3) is 0 Å². The van der Waals surface area contributed by atoms with Gasteiger partial charge in [0.05, 0.1) is 30.8 Å². The van der Waals surface area contributed by atoms with Crippen molar-refractivity contribution in [3.8, 4) is 5.75 Å². The van der Waals surface area contributed by atoms with E-state index in [1.54, 1.807) is 0 Å². The Hall–Kier alpha value is -3.43. The minimum Gasteiger partial charge on any atom is -0.406 e. The highest BCUT2D eigenvalue weighted by atomic mass is 32.2. The average molecular weight is 529 g/mol. The van der Waals surface area contributed by atoms with Gasteiger partial charge in [-0.05, 0) is 42.8 Å². The molecule has 4 rings (SSSR count). The van der Waals surface area contributed by atoms with Gasteiger partial charge in [-0.2, -0.15) is 12.7 Å². The second-order valence-corrected chi connectivity index (χ2v) is 9.94. The van der Waals surface area contributed by atoms with Crippen molar-refractivity contribution in [3.63, 3.8) is 0 Å². The predicted octanol–water partition coefficient (Wildman–Crippen LogP) is 2.03. The van der Waals surface area contributed by atoms with Crippen LogP contribution in [-0.2, 0) is 26.2 Å². The lowest BCUT2D eigenvalue weighted by molar-refractivity contribution is -0.274. The van der Waals surface area contributed by atoms with E-state index in [-0.39, 0.29) is 44.1 Å². The number of amides is 3.